The van der Waals surface area contributed by atoms with E-state index in [2.05, 4.69) is 5.32 Å². The Labute approximate surface area is 132 Å². The number of hydrogen-bond acceptors (Lipinski definition) is 4. The molecule has 0 aliphatic carbocycles. The van der Waals surface area contributed by atoms with Crippen molar-refractivity contribution in [1.82, 2.24) is 0 Å². The number of carbonyl (C=O) groups excluding carboxylic acids is 2. The van der Waals surface area contributed by atoms with Gasteiger partial charge in [0.2, 0.25) is 5.91 Å². The Hall–Kier alpha value is -2.53. The highest BCUT2D eigenvalue weighted by Gasteiger charge is 2.40. The minimum Gasteiger partial charge on any atom is -0.506 e. The van der Waals surface area contributed by atoms with Gasteiger partial charge in [-0.15, -0.1) is 0 Å². The predicted molar refractivity (Wildman–Crippen MR) is 84.1 cm³/mol. The van der Waals surface area contributed by atoms with Crippen LogP contribution in [0.4, 0.5) is 11.4 Å². The average molecular weight is 317 g/mol. The van der Waals surface area contributed by atoms with Crippen LogP contribution < -0.4 is 10.2 Å². The summed E-state index contributed by atoms with van der Waals surface area (Å²) >= 11 is 6.06. The second kappa shape index (κ2) is 5.69. The smallest absolute Gasteiger partial charge is 0.256 e. The third-order valence-corrected chi connectivity index (χ3v) is 3.79. The molecule has 2 N–H and O–H groups in total. The first-order valence-corrected chi connectivity index (χ1v) is 7.11. The second-order valence-corrected chi connectivity index (χ2v) is 5.34. The molecule has 0 aromatic heterocycles. The Balaban J connectivity index is 1.86. The molecule has 2 amide bonds. The molecule has 0 saturated carbocycles. The highest BCUT2D eigenvalue weighted by Crippen LogP contribution is 2.32. The SMILES string of the molecule is O=C1CC(Nc2ccccc2O)C(=O)N1c1ccccc1Cl. The summed E-state index contributed by atoms with van der Waals surface area (Å²) in [4.78, 5) is 25.7. The van der Waals surface area contributed by atoms with Gasteiger partial charge in [-0.2, -0.15) is 0 Å². The topological polar surface area (TPSA) is 69.6 Å². The molecule has 0 radical (unpaired) electrons. The summed E-state index contributed by atoms with van der Waals surface area (Å²) in [5.41, 5.74) is 0.787. The van der Waals surface area contributed by atoms with Gasteiger partial charge in [0.25, 0.3) is 5.91 Å². The molecule has 0 spiro atoms. The molecule has 3 rings (SSSR count). The molecule has 2 aromatic rings. The fourth-order valence-corrected chi connectivity index (χ4v) is 2.63. The molecule has 1 saturated heterocycles. The number of aromatic hydroxyl groups is 1. The summed E-state index contributed by atoms with van der Waals surface area (Å²) in [5, 5.41) is 13.0. The Morgan fingerprint density at radius 1 is 1.09 bits per heavy atom. The van der Waals surface area contributed by atoms with Crippen LogP contribution in [0.1, 0.15) is 6.42 Å². The first-order valence-electron chi connectivity index (χ1n) is 6.74. The molecular weight excluding hydrogens is 304 g/mol. The quantitative estimate of drug-likeness (QED) is 0.675. The van der Waals surface area contributed by atoms with Gasteiger partial charge in [0.05, 0.1) is 22.8 Å². The van der Waals surface area contributed by atoms with Crippen LogP contribution in [-0.4, -0.2) is 23.0 Å². The van der Waals surface area contributed by atoms with Gasteiger partial charge in [-0.05, 0) is 24.3 Å². The maximum absolute atomic E-state index is 12.5. The fourth-order valence-electron chi connectivity index (χ4n) is 2.41. The molecule has 6 heteroatoms. The van der Waals surface area contributed by atoms with Crippen LogP contribution >= 0.6 is 11.6 Å². The average Bonchev–Trinajstić information content (AvgIpc) is 2.77. The summed E-state index contributed by atoms with van der Waals surface area (Å²) < 4.78 is 0. The Bertz CT molecular complexity index is 748. The highest BCUT2D eigenvalue weighted by atomic mass is 35.5. The number of nitrogens with zero attached hydrogens (tertiary/aromatic N) is 1. The number of para-hydroxylation sites is 3. The molecule has 5 nitrogen and oxygen atoms in total. The Morgan fingerprint density at radius 3 is 2.50 bits per heavy atom. The number of hydrogen-bond donors (Lipinski definition) is 2. The monoisotopic (exact) mass is 316 g/mol. The molecule has 1 fully saturated rings. The van der Waals surface area contributed by atoms with E-state index < -0.39 is 6.04 Å². The number of carbonyl (C=O) groups is 2. The lowest BCUT2D eigenvalue weighted by Gasteiger charge is -2.17. The zero-order valence-corrected chi connectivity index (χ0v) is 12.2. The van der Waals surface area contributed by atoms with E-state index in [9.17, 15) is 14.7 Å². The first kappa shape index (κ1) is 14.4. The first-order chi connectivity index (χ1) is 10.6. The molecule has 1 heterocycles. The van der Waals surface area contributed by atoms with Crippen LogP contribution in [-0.2, 0) is 9.59 Å². The van der Waals surface area contributed by atoms with Gasteiger partial charge in [-0.3, -0.25) is 9.59 Å². The van der Waals surface area contributed by atoms with Crippen molar-refractivity contribution in [2.24, 2.45) is 0 Å². The van der Waals surface area contributed by atoms with Crippen LogP contribution in [0.5, 0.6) is 5.75 Å². The van der Waals surface area contributed by atoms with Crippen molar-refractivity contribution >= 4 is 34.8 Å². The zero-order valence-electron chi connectivity index (χ0n) is 11.5. The summed E-state index contributed by atoms with van der Waals surface area (Å²) in [7, 11) is 0. The van der Waals surface area contributed by atoms with Crippen LogP contribution in [0.15, 0.2) is 48.5 Å². The summed E-state index contributed by atoms with van der Waals surface area (Å²) in [6, 6.07) is 12.5. The molecule has 112 valence electrons. The predicted octanol–water partition coefficient (Wildman–Crippen LogP) is 2.79. The van der Waals surface area contributed by atoms with Crippen LogP contribution in [0.25, 0.3) is 0 Å². The van der Waals surface area contributed by atoms with Crippen molar-refractivity contribution < 1.29 is 14.7 Å². The Kier molecular flexibility index (Phi) is 3.73. The van der Waals surface area contributed by atoms with Crippen LogP contribution in [0.3, 0.4) is 0 Å². The van der Waals surface area contributed by atoms with Gasteiger partial charge in [0.15, 0.2) is 0 Å². The van der Waals surface area contributed by atoms with Crippen molar-refractivity contribution in [1.29, 1.82) is 0 Å². The van der Waals surface area contributed by atoms with Crippen LogP contribution in [0, 0.1) is 0 Å². The van der Waals surface area contributed by atoms with E-state index in [0.29, 0.717) is 16.4 Å². The number of anilines is 2. The minimum atomic E-state index is -0.725. The molecule has 0 bridgehead atoms. The minimum absolute atomic E-state index is 0.0123. The lowest BCUT2D eigenvalue weighted by atomic mass is 10.2. The number of benzene rings is 2. The van der Waals surface area contributed by atoms with E-state index >= 15 is 0 Å². The summed E-state index contributed by atoms with van der Waals surface area (Å²) in [6.07, 6.45) is 0.0123. The van der Waals surface area contributed by atoms with Gasteiger partial charge >= 0.3 is 0 Å². The van der Waals surface area contributed by atoms with Gasteiger partial charge in [0, 0.05) is 0 Å². The number of rotatable bonds is 3. The third kappa shape index (κ3) is 2.51. The molecule has 1 aliphatic rings. The highest BCUT2D eigenvalue weighted by molar-refractivity contribution is 6.36. The third-order valence-electron chi connectivity index (χ3n) is 3.47. The van der Waals surface area contributed by atoms with Crippen molar-refractivity contribution in [2.45, 2.75) is 12.5 Å². The van der Waals surface area contributed by atoms with Gasteiger partial charge in [0.1, 0.15) is 11.8 Å². The number of phenols is 1. The van der Waals surface area contributed by atoms with E-state index in [1.807, 2.05) is 0 Å². The summed E-state index contributed by atoms with van der Waals surface area (Å²) in [5.74, 6) is -0.689. The van der Waals surface area contributed by atoms with Crippen molar-refractivity contribution in [3.05, 3.63) is 53.6 Å². The van der Waals surface area contributed by atoms with Crippen LogP contribution in [0.2, 0.25) is 5.02 Å². The molecule has 1 unspecified atom stereocenters. The standard InChI is InChI=1S/C16H13ClN2O3/c17-10-5-1-3-7-13(10)19-15(21)9-12(16(19)22)18-11-6-2-4-8-14(11)20/h1-8,12,18,20H,9H2. The zero-order chi connectivity index (χ0) is 15.7. The van der Waals surface area contributed by atoms with Gasteiger partial charge < -0.3 is 10.4 Å². The van der Waals surface area contributed by atoms with Crippen molar-refractivity contribution in [2.75, 3.05) is 10.2 Å². The number of imide groups is 1. The largest absolute Gasteiger partial charge is 0.506 e. The number of halogens is 1. The number of phenolic OH excluding ortho intramolecular Hbond substituents is 1. The second-order valence-electron chi connectivity index (χ2n) is 4.94. The van der Waals surface area contributed by atoms with E-state index in [-0.39, 0.29) is 24.0 Å². The number of nitrogens with one attached hydrogen (secondary N) is 1. The molecule has 1 atom stereocenters. The Morgan fingerprint density at radius 2 is 1.77 bits per heavy atom. The molecular formula is C16H13ClN2O3. The number of amides is 2. The van der Waals surface area contributed by atoms with E-state index in [1.54, 1.807) is 42.5 Å². The van der Waals surface area contributed by atoms with Gasteiger partial charge in [-0.1, -0.05) is 35.9 Å². The molecule has 2 aromatic carbocycles. The van der Waals surface area contributed by atoms with E-state index in [4.69, 9.17) is 11.6 Å². The molecule has 1 aliphatic heterocycles. The maximum Gasteiger partial charge on any atom is 0.256 e. The lowest BCUT2D eigenvalue weighted by molar-refractivity contribution is -0.121. The van der Waals surface area contributed by atoms with E-state index in [1.165, 1.54) is 6.07 Å². The molecule has 22 heavy (non-hydrogen) atoms. The van der Waals surface area contributed by atoms with Crippen molar-refractivity contribution in [3.63, 3.8) is 0 Å². The summed E-state index contributed by atoms with van der Waals surface area (Å²) in [6.45, 7) is 0. The normalized spacial score (nSPS) is 17.9. The van der Waals surface area contributed by atoms with E-state index in [0.717, 1.165) is 4.90 Å². The van der Waals surface area contributed by atoms with Gasteiger partial charge in [-0.25, -0.2) is 4.90 Å². The lowest BCUT2D eigenvalue weighted by Crippen LogP contribution is -2.35. The fraction of sp³-hybridized carbons (Fsp3) is 0.125. The van der Waals surface area contributed by atoms with Crippen molar-refractivity contribution in [3.8, 4) is 5.75 Å². The maximum atomic E-state index is 12.5.